The van der Waals surface area contributed by atoms with Crippen molar-refractivity contribution < 1.29 is 0 Å². The molecule has 0 saturated carbocycles. The molecular formula is C15H15N3O. The van der Waals surface area contributed by atoms with Crippen LogP contribution < -0.4 is 5.43 Å². The number of hydrogen-bond acceptors (Lipinski definition) is 2. The van der Waals surface area contributed by atoms with Gasteiger partial charge in [0.25, 0.3) is 0 Å². The minimum Gasteiger partial charge on any atom is -0.364 e. The fourth-order valence-electron chi connectivity index (χ4n) is 2.16. The summed E-state index contributed by atoms with van der Waals surface area (Å²) in [6.45, 7) is 5.98. The smallest absolute Gasteiger partial charge is 0.192 e. The number of nitrogens with one attached hydrogen (secondary N) is 2. The number of H-pyrrole nitrogens is 2. The Balaban J connectivity index is 2.23. The third-order valence-electron chi connectivity index (χ3n) is 3.41. The van der Waals surface area contributed by atoms with Crippen LogP contribution in [-0.2, 0) is 0 Å². The number of hydrogen-bond donors (Lipinski definition) is 2. The van der Waals surface area contributed by atoms with Crippen molar-refractivity contribution in [3.8, 4) is 11.4 Å². The van der Waals surface area contributed by atoms with Gasteiger partial charge in [0.05, 0.1) is 16.6 Å². The van der Waals surface area contributed by atoms with Crippen LogP contribution in [0.15, 0.2) is 29.2 Å². The molecule has 2 aromatic heterocycles. The van der Waals surface area contributed by atoms with Gasteiger partial charge in [0, 0.05) is 18.0 Å². The summed E-state index contributed by atoms with van der Waals surface area (Å²) >= 11 is 0. The molecule has 0 saturated heterocycles. The highest BCUT2D eigenvalue weighted by Gasteiger charge is 2.09. The molecule has 0 aliphatic carbocycles. The molecule has 4 nitrogen and oxygen atoms in total. The molecule has 4 heteroatoms. The Morgan fingerprint density at radius 3 is 2.53 bits per heavy atom. The lowest BCUT2D eigenvalue weighted by atomic mass is 10.1. The van der Waals surface area contributed by atoms with Crippen LogP contribution >= 0.6 is 0 Å². The fraction of sp³-hybridized carbons (Fsp3) is 0.200. The van der Waals surface area contributed by atoms with Crippen LogP contribution in [-0.4, -0.2) is 15.0 Å². The molecule has 0 unspecified atom stereocenters. The Bertz CT molecular complexity index is 788. The third-order valence-corrected chi connectivity index (χ3v) is 3.41. The quantitative estimate of drug-likeness (QED) is 0.700. The molecule has 3 rings (SSSR count). The molecule has 2 N–H and O–H groups in total. The van der Waals surface area contributed by atoms with Crippen molar-refractivity contribution in [2.75, 3.05) is 0 Å². The van der Waals surface area contributed by atoms with Gasteiger partial charge in [0.2, 0.25) is 0 Å². The minimum absolute atomic E-state index is 0.0243. The lowest BCUT2D eigenvalue weighted by Crippen LogP contribution is -2.05. The zero-order chi connectivity index (χ0) is 13.6. The van der Waals surface area contributed by atoms with Crippen molar-refractivity contribution in [3.05, 3.63) is 51.4 Å². The Kier molecular flexibility index (Phi) is 2.52. The summed E-state index contributed by atoms with van der Waals surface area (Å²) < 4.78 is 0. The van der Waals surface area contributed by atoms with E-state index in [1.807, 2.05) is 13.0 Å². The molecule has 0 aliphatic rings. The highest BCUT2D eigenvalue weighted by atomic mass is 16.1. The maximum absolute atomic E-state index is 12.0. The molecule has 96 valence electrons. The summed E-state index contributed by atoms with van der Waals surface area (Å²) in [5.41, 5.74) is 5.64. The molecule has 0 aliphatic heterocycles. The molecule has 1 aromatic carbocycles. The molecule has 2 heterocycles. The van der Waals surface area contributed by atoms with Gasteiger partial charge < -0.3 is 9.97 Å². The molecule has 0 amide bonds. The van der Waals surface area contributed by atoms with E-state index in [0.29, 0.717) is 11.4 Å². The average Bonchev–Trinajstić information content (AvgIpc) is 2.72. The minimum atomic E-state index is -0.0243. The predicted octanol–water partition coefficient (Wildman–Crippen LogP) is 2.84. The number of aryl methyl sites for hydroxylation is 3. The predicted molar refractivity (Wildman–Crippen MR) is 76.4 cm³/mol. The second-order valence-corrected chi connectivity index (χ2v) is 4.93. The highest BCUT2D eigenvalue weighted by Crippen LogP contribution is 2.21. The van der Waals surface area contributed by atoms with Crippen LogP contribution in [0.5, 0.6) is 0 Å². The molecular weight excluding hydrogens is 238 g/mol. The van der Waals surface area contributed by atoms with Gasteiger partial charge in [0.1, 0.15) is 5.82 Å². The maximum Gasteiger partial charge on any atom is 0.192 e. The fourth-order valence-corrected chi connectivity index (χ4v) is 2.16. The number of nitrogens with zero attached hydrogens (tertiary/aromatic N) is 1. The van der Waals surface area contributed by atoms with E-state index in [9.17, 15) is 4.79 Å². The number of imidazole rings is 1. The Morgan fingerprint density at radius 2 is 1.79 bits per heavy atom. The van der Waals surface area contributed by atoms with Crippen molar-refractivity contribution >= 4 is 11.0 Å². The van der Waals surface area contributed by atoms with E-state index in [-0.39, 0.29) is 5.43 Å². The topological polar surface area (TPSA) is 61.5 Å². The van der Waals surface area contributed by atoms with E-state index in [4.69, 9.17) is 0 Å². The first kappa shape index (κ1) is 11.7. The van der Waals surface area contributed by atoms with Crippen LogP contribution in [0.1, 0.15) is 16.8 Å². The van der Waals surface area contributed by atoms with Gasteiger partial charge in [-0.1, -0.05) is 0 Å². The van der Waals surface area contributed by atoms with Gasteiger partial charge in [-0.15, -0.1) is 0 Å². The van der Waals surface area contributed by atoms with Crippen molar-refractivity contribution in [2.45, 2.75) is 20.8 Å². The van der Waals surface area contributed by atoms with E-state index >= 15 is 0 Å². The molecule has 0 radical (unpaired) electrons. The number of aromatic nitrogens is 3. The lowest BCUT2D eigenvalue weighted by molar-refractivity contribution is 1.17. The second kappa shape index (κ2) is 4.09. The van der Waals surface area contributed by atoms with Crippen molar-refractivity contribution in [1.29, 1.82) is 0 Å². The van der Waals surface area contributed by atoms with Gasteiger partial charge in [-0.25, -0.2) is 4.98 Å². The van der Waals surface area contributed by atoms with Crippen molar-refractivity contribution in [2.24, 2.45) is 0 Å². The van der Waals surface area contributed by atoms with Gasteiger partial charge in [0.15, 0.2) is 5.43 Å². The van der Waals surface area contributed by atoms with Crippen molar-refractivity contribution in [1.82, 2.24) is 15.0 Å². The van der Waals surface area contributed by atoms with Gasteiger partial charge in [-0.2, -0.15) is 0 Å². The van der Waals surface area contributed by atoms with E-state index < -0.39 is 0 Å². The first-order valence-corrected chi connectivity index (χ1v) is 6.21. The van der Waals surface area contributed by atoms with Gasteiger partial charge in [-0.05, 0) is 44.0 Å². The maximum atomic E-state index is 12.0. The first-order chi connectivity index (χ1) is 9.04. The Morgan fingerprint density at radius 1 is 1.05 bits per heavy atom. The highest BCUT2D eigenvalue weighted by molar-refractivity contribution is 5.80. The SMILES string of the molecule is Cc1cc(=O)c(-c2nc3cc(C)c(C)cc3[nH]2)c[nH]1. The Labute approximate surface area is 110 Å². The van der Waals surface area contributed by atoms with Crippen LogP contribution in [0, 0.1) is 20.8 Å². The first-order valence-electron chi connectivity index (χ1n) is 6.21. The number of aromatic amines is 2. The largest absolute Gasteiger partial charge is 0.364 e. The van der Waals surface area contributed by atoms with E-state index in [2.05, 4.69) is 34.9 Å². The van der Waals surface area contributed by atoms with E-state index in [1.165, 1.54) is 11.1 Å². The third kappa shape index (κ3) is 1.95. The number of benzene rings is 1. The standard InChI is InChI=1S/C15H15N3O/c1-8-4-12-13(5-9(8)2)18-15(17-12)11-7-16-10(3)6-14(11)19/h4-7H,1-3H3,(H,16,19)(H,17,18). The number of rotatable bonds is 1. The lowest BCUT2D eigenvalue weighted by Gasteiger charge is -1.97. The summed E-state index contributed by atoms with van der Waals surface area (Å²) in [7, 11) is 0. The van der Waals surface area contributed by atoms with Crippen LogP contribution in [0.25, 0.3) is 22.4 Å². The summed E-state index contributed by atoms with van der Waals surface area (Å²) in [4.78, 5) is 22.7. The van der Waals surface area contributed by atoms with Gasteiger partial charge in [-0.3, -0.25) is 4.79 Å². The number of pyridine rings is 1. The summed E-state index contributed by atoms with van der Waals surface area (Å²) in [5, 5.41) is 0. The second-order valence-electron chi connectivity index (χ2n) is 4.93. The normalized spacial score (nSPS) is 11.1. The summed E-state index contributed by atoms with van der Waals surface area (Å²) in [5.74, 6) is 0.612. The molecule has 19 heavy (non-hydrogen) atoms. The van der Waals surface area contributed by atoms with Crippen LogP contribution in [0.2, 0.25) is 0 Å². The summed E-state index contributed by atoms with van der Waals surface area (Å²) in [6.07, 6.45) is 1.70. The van der Waals surface area contributed by atoms with E-state index in [1.54, 1.807) is 12.3 Å². The van der Waals surface area contributed by atoms with Crippen LogP contribution in [0.4, 0.5) is 0 Å². The van der Waals surface area contributed by atoms with E-state index in [0.717, 1.165) is 16.7 Å². The monoisotopic (exact) mass is 253 g/mol. The average molecular weight is 253 g/mol. The Hall–Kier alpha value is -2.36. The molecule has 3 aromatic rings. The summed E-state index contributed by atoms with van der Waals surface area (Å²) in [6, 6.07) is 5.68. The zero-order valence-electron chi connectivity index (χ0n) is 11.2. The zero-order valence-corrected chi connectivity index (χ0v) is 11.2. The van der Waals surface area contributed by atoms with Gasteiger partial charge >= 0.3 is 0 Å². The molecule has 0 fully saturated rings. The van der Waals surface area contributed by atoms with Crippen LogP contribution in [0.3, 0.4) is 0 Å². The molecule has 0 spiro atoms. The molecule has 0 bridgehead atoms. The number of fused-ring (bicyclic) bond motifs is 1. The van der Waals surface area contributed by atoms with Crippen molar-refractivity contribution in [3.63, 3.8) is 0 Å². The molecule has 0 atom stereocenters.